The first-order valence-electron chi connectivity index (χ1n) is 10.1. The van der Waals surface area contributed by atoms with Crippen molar-refractivity contribution in [1.29, 1.82) is 0 Å². The number of aliphatic hydroxyl groups is 3. The van der Waals surface area contributed by atoms with Crippen LogP contribution in [-0.4, -0.2) is 44.7 Å². The lowest BCUT2D eigenvalue weighted by Crippen LogP contribution is -2.20. The zero-order valence-corrected chi connectivity index (χ0v) is 19.7. The number of aliphatic carboxylic acids is 1. The van der Waals surface area contributed by atoms with Crippen LogP contribution in [0.2, 0.25) is 0 Å². The van der Waals surface area contributed by atoms with Crippen LogP contribution in [0.1, 0.15) is 49.0 Å². The van der Waals surface area contributed by atoms with Crippen LogP contribution < -0.4 is 0 Å². The van der Waals surface area contributed by atoms with Crippen LogP contribution in [0.25, 0.3) is 0 Å². The molecule has 1 aliphatic carbocycles. The largest absolute Gasteiger partial charge is 0.481 e. The third-order valence-electron chi connectivity index (χ3n) is 5.47. The first kappa shape index (κ1) is 24.5. The van der Waals surface area contributed by atoms with Crippen LogP contribution in [0.15, 0.2) is 30.4 Å². The van der Waals surface area contributed by atoms with Crippen LogP contribution in [0.5, 0.6) is 0 Å². The standard InChI is InChI=1S/C22H31IO5S/c1-14-12-21(23)29-20(14)11-9-15(24)8-10-17-16(18(25)13-19(17)26)6-4-2-3-5-7-22(27)28/h2,4,8,10,12,15-19,24-26H,3,5-7,9,11,13H2,1H3,(H,27,28)/b4-2-,10-8+/t15?,16-,17-,18?,19?/m1/s1. The van der Waals surface area contributed by atoms with Crippen molar-refractivity contribution in [3.05, 3.63) is 43.7 Å². The van der Waals surface area contributed by atoms with Crippen molar-refractivity contribution in [3.8, 4) is 0 Å². The number of rotatable bonds is 11. The Morgan fingerprint density at radius 2 is 2.10 bits per heavy atom. The summed E-state index contributed by atoms with van der Waals surface area (Å²) in [4.78, 5) is 11.8. The fourth-order valence-corrected chi connectivity index (χ4v) is 5.98. The Kier molecular flexibility index (Phi) is 10.3. The van der Waals surface area contributed by atoms with E-state index in [9.17, 15) is 20.1 Å². The van der Waals surface area contributed by atoms with Crippen molar-refractivity contribution >= 4 is 39.9 Å². The molecule has 7 heteroatoms. The third kappa shape index (κ3) is 8.13. The molecule has 0 amide bonds. The number of thiophene rings is 1. The van der Waals surface area contributed by atoms with Gasteiger partial charge in [0.25, 0.3) is 0 Å². The maximum Gasteiger partial charge on any atom is 0.303 e. The van der Waals surface area contributed by atoms with Gasteiger partial charge < -0.3 is 20.4 Å². The lowest BCUT2D eigenvalue weighted by molar-refractivity contribution is -0.137. The fraction of sp³-hybridized carbons (Fsp3) is 0.591. The molecular weight excluding hydrogens is 503 g/mol. The Morgan fingerprint density at radius 1 is 1.34 bits per heavy atom. The van der Waals surface area contributed by atoms with E-state index >= 15 is 0 Å². The van der Waals surface area contributed by atoms with Gasteiger partial charge in [-0.3, -0.25) is 4.79 Å². The van der Waals surface area contributed by atoms with Crippen LogP contribution in [-0.2, 0) is 11.2 Å². The van der Waals surface area contributed by atoms with E-state index in [-0.39, 0.29) is 18.3 Å². The van der Waals surface area contributed by atoms with Gasteiger partial charge >= 0.3 is 5.97 Å². The monoisotopic (exact) mass is 534 g/mol. The summed E-state index contributed by atoms with van der Waals surface area (Å²) in [6.45, 7) is 2.09. The highest BCUT2D eigenvalue weighted by Crippen LogP contribution is 2.36. The first-order chi connectivity index (χ1) is 13.8. The zero-order valence-electron chi connectivity index (χ0n) is 16.7. The average molecular weight is 534 g/mol. The summed E-state index contributed by atoms with van der Waals surface area (Å²) in [6.07, 6.45) is 9.63. The predicted molar refractivity (Wildman–Crippen MR) is 124 cm³/mol. The molecule has 1 saturated carbocycles. The number of carboxylic acids is 1. The van der Waals surface area contributed by atoms with E-state index in [1.54, 1.807) is 17.4 Å². The zero-order chi connectivity index (χ0) is 21.4. The number of hydrogen-bond donors (Lipinski definition) is 4. The van der Waals surface area contributed by atoms with Gasteiger partial charge in [0.2, 0.25) is 0 Å². The minimum atomic E-state index is -0.791. The molecule has 3 unspecified atom stereocenters. The minimum Gasteiger partial charge on any atom is -0.481 e. The van der Waals surface area contributed by atoms with Crippen molar-refractivity contribution in [3.63, 3.8) is 0 Å². The van der Waals surface area contributed by atoms with Gasteiger partial charge in [-0.15, -0.1) is 11.3 Å². The molecule has 5 nitrogen and oxygen atoms in total. The number of aliphatic hydroxyl groups excluding tert-OH is 3. The lowest BCUT2D eigenvalue weighted by Gasteiger charge is -2.19. The second kappa shape index (κ2) is 12.2. The summed E-state index contributed by atoms with van der Waals surface area (Å²) in [5.74, 6) is -1.07. The quantitative estimate of drug-likeness (QED) is 0.195. The SMILES string of the molecule is Cc1cc(I)sc1CCC(O)/C=C/[C@H]1C(O)CC(O)[C@@H]1C/C=C\CCCC(=O)O. The second-order valence-electron chi connectivity index (χ2n) is 7.75. The molecule has 0 aromatic carbocycles. The number of unbranched alkanes of at least 4 members (excludes halogenated alkanes) is 1. The molecule has 1 aromatic heterocycles. The van der Waals surface area contributed by atoms with Gasteiger partial charge in [0.15, 0.2) is 0 Å². The summed E-state index contributed by atoms with van der Waals surface area (Å²) in [5.41, 5.74) is 1.26. The first-order valence-corrected chi connectivity index (χ1v) is 12.0. The average Bonchev–Trinajstić information content (AvgIpc) is 3.11. The maximum absolute atomic E-state index is 10.5. The Hall–Kier alpha value is -0.740. The van der Waals surface area contributed by atoms with Gasteiger partial charge in [0.05, 0.1) is 21.2 Å². The summed E-state index contributed by atoms with van der Waals surface area (Å²) in [6, 6.07) is 2.15. The second-order valence-corrected chi connectivity index (χ2v) is 10.8. The van der Waals surface area contributed by atoms with E-state index in [1.165, 1.54) is 13.3 Å². The number of carbonyl (C=O) groups is 1. The number of allylic oxidation sites excluding steroid dienone is 2. The number of hydrogen-bond acceptors (Lipinski definition) is 5. The molecule has 0 bridgehead atoms. The number of halogens is 1. The molecule has 4 N–H and O–H groups in total. The molecule has 1 aliphatic rings. The Bertz CT molecular complexity index is 714. The van der Waals surface area contributed by atoms with E-state index < -0.39 is 24.3 Å². The molecule has 0 aliphatic heterocycles. The van der Waals surface area contributed by atoms with Crippen molar-refractivity contribution in [2.75, 3.05) is 0 Å². The van der Waals surface area contributed by atoms with Crippen LogP contribution in [0.4, 0.5) is 0 Å². The molecule has 162 valence electrons. The maximum atomic E-state index is 10.5. The highest BCUT2D eigenvalue weighted by molar-refractivity contribution is 14.1. The highest BCUT2D eigenvalue weighted by atomic mass is 127. The fourth-order valence-electron chi connectivity index (χ4n) is 3.81. The van der Waals surface area contributed by atoms with Crippen molar-refractivity contribution < 1.29 is 25.2 Å². The summed E-state index contributed by atoms with van der Waals surface area (Å²) in [7, 11) is 0. The van der Waals surface area contributed by atoms with Gasteiger partial charge in [0, 0.05) is 23.6 Å². The molecule has 1 aromatic rings. The molecule has 1 fully saturated rings. The topological polar surface area (TPSA) is 98.0 Å². The van der Waals surface area contributed by atoms with E-state index in [0.29, 0.717) is 32.1 Å². The van der Waals surface area contributed by atoms with Gasteiger partial charge in [-0.05, 0) is 79.2 Å². The Morgan fingerprint density at radius 3 is 2.76 bits per heavy atom. The van der Waals surface area contributed by atoms with Gasteiger partial charge in [-0.2, -0.15) is 0 Å². The van der Waals surface area contributed by atoms with Crippen LogP contribution in [0.3, 0.4) is 0 Å². The van der Waals surface area contributed by atoms with E-state index in [1.807, 2.05) is 18.2 Å². The van der Waals surface area contributed by atoms with Crippen molar-refractivity contribution in [2.24, 2.45) is 11.8 Å². The molecule has 0 saturated heterocycles. The molecule has 0 radical (unpaired) electrons. The highest BCUT2D eigenvalue weighted by Gasteiger charge is 2.39. The third-order valence-corrected chi connectivity index (χ3v) is 7.52. The molecule has 0 spiro atoms. The molecule has 1 heterocycles. The van der Waals surface area contributed by atoms with Crippen molar-refractivity contribution in [1.82, 2.24) is 0 Å². The summed E-state index contributed by atoms with van der Waals surface area (Å²) < 4.78 is 1.25. The lowest BCUT2D eigenvalue weighted by atomic mass is 9.89. The molecular formula is C22H31IO5S. The van der Waals surface area contributed by atoms with Gasteiger partial charge in [-0.1, -0.05) is 24.3 Å². The van der Waals surface area contributed by atoms with Crippen molar-refractivity contribution in [2.45, 2.75) is 70.2 Å². The summed E-state index contributed by atoms with van der Waals surface area (Å²) >= 11 is 4.07. The van der Waals surface area contributed by atoms with Crippen LogP contribution in [0, 0.1) is 21.6 Å². The van der Waals surface area contributed by atoms with Crippen LogP contribution >= 0.6 is 33.9 Å². The molecule has 5 atom stereocenters. The molecule has 2 rings (SSSR count). The van der Waals surface area contributed by atoms with E-state index in [0.717, 1.165) is 6.42 Å². The molecule has 29 heavy (non-hydrogen) atoms. The smallest absolute Gasteiger partial charge is 0.303 e. The Balaban J connectivity index is 1.84. The Labute approximate surface area is 190 Å². The normalized spacial score (nSPS) is 26.0. The van der Waals surface area contributed by atoms with E-state index in [4.69, 9.17) is 5.11 Å². The number of aryl methyl sites for hydroxylation is 2. The number of carboxylic acid groups (broad SMARTS) is 1. The van der Waals surface area contributed by atoms with Gasteiger partial charge in [-0.25, -0.2) is 0 Å². The summed E-state index contributed by atoms with van der Waals surface area (Å²) in [5, 5.41) is 39.6. The predicted octanol–water partition coefficient (Wildman–Crippen LogP) is 4.07. The minimum absolute atomic E-state index is 0.0923. The van der Waals surface area contributed by atoms with Gasteiger partial charge in [0.1, 0.15) is 0 Å². The van der Waals surface area contributed by atoms with E-state index in [2.05, 4.69) is 35.6 Å².